The van der Waals surface area contributed by atoms with Crippen LogP contribution in [-0.2, 0) is 9.53 Å². The van der Waals surface area contributed by atoms with Gasteiger partial charge in [-0.2, -0.15) is 0 Å². The lowest BCUT2D eigenvalue weighted by Crippen LogP contribution is -2.39. The maximum absolute atomic E-state index is 13.4. The summed E-state index contributed by atoms with van der Waals surface area (Å²) >= 11 is 1.19. The number of carbonyl (C=O) groups is 1. The molecule has 2 heterocycles. The molecule has 1 aliphatic rings. The number of nitro groups is 1. The van der Waals surface area contributed by atoms with Gasteiger partial charge in [-0.25, -0.2) is 9.79 Å². The maximum Gasteiger partial charge on any atom is 0.338 e. The van der Waals surface area contributed by atoms with Gasteiger partial charge in [0.15, 0.2) is 4.80 Å². The number of benzene rings is 2. The lowest BCUT2D eigenvalue weighted by molar-refractivity contribution is -0.384. The monoisotopic (exact) mass is 475 g/mol. The minimum Gasteiger partial charge on any atom is -0.463 e. The molecule has 0 unspecified atom stereocenters. The van der Waals surface area contributed by atoms with Crippen LogP contribution < -0.4 is 14.9 Å². The van der Waals surface area contributed by atoms with Crippen LogP contribution in [0, 0.1) is 10.1 Å². The topological polar surface area (TPSA) is 104 Å². The largest absolute Gasteiger partial charge is 0.463 e. The molecule has 9 heteroatoms. The zero-order valence-electron chi connectivity index (χ0n) is 18.5. The minimum absolute atomic E-state index is 0.136. The minimum atomic E-state index is -0.893. The van der Waals surface area contributed by atoms with Gasteiger partial charge in [-0.3, -0.25) is 19.5 Å². The summed E-state index contributed by atoms with van der Waals surface area (Å²) < 4.78 is 7.07. The highest BCUT2D eigenvalue weighted by Gasteiger charge is 2.33. The van der Waals surface area contributed by atoms with Gasteiger partial charge in [-0.15, -0.1) is 0 Å². The Hall–Kier alpha value is -4.11. The van der Waals surface area contributed by atoms with Gasteiger partial charge in [-0.05, 0) is 31.1 Å². The Morgan fingerprint density at radius 1 is 1.24 bits per heavy atom. The first-order chi connectivity index (χ1) is 16.4. The van der Waals surface area contributed by atoms with Crippen LogP contribution >= 0.6 is 11.3 Å². The zero-order valence-corrected chi connectivity index (χ0v) is 19.3. The molecule has 34 heavy (non-hydrogen) atoms. The molecule has 0 bridgehead atoms. The number of ether oxygens (including phenoxy) is 1. The van der Waals surface area contributed by atoms with E-state index in [1.165, 1.54) is 34.1 Å². The van der Waals surface area contributed by atoms with Crippen molar-refractivity contribution in [2.24, 2.45) is 4.99 Å². The van der Waals surface area contributed by atoms with E-state index in [0.717, 1.165) is 5.56 Å². The number of rotatable bonds is 6. The van der Waals surface area contributed by atoms with Gasteiger partial charge < -0.3 is 4.74 Å². The summed E-state index contributed by atoms with van der Waals surface area (Å²) in [4.78, 5) is 42.1. The third kappa shape index (κ3) is 4.51. The predicted molar refractivity (Wildman–Crippen MR) is 130 cm³/mol. The number of nitrogens with zero attached hydrogens (tertiary/aromatic N) is 3. The van der Waals surface area contributed by atoms with Gasteiger partial charge in [0.2, 0.25) is 0 Å². The van der Waals surface area contributed by atoms with Crippen molar-refractivity contribution in [3.8, 4) is 0 Å². The first-order valence-corrected chi connectivity index (χ1v) is 11.4. The molecule has 0 fully saturated rings. The van der Waals surface area contributed by atoms with Crippen LogP contribution in [0.5, 0.6) is 0 Å². The molecule has 1 aromatic heterocycles. The van der Waals surface area contributed by atoms with E-state index in [9.17, 15) is 19.7 Å². The van der Waals surface area contributed by atoms with Crippen molar-refractivity contribution < 1.29 is 14.5 Å². The smallest absolute Gasteiger partial charge is 0.338 e. The normalized spacial score (nSPS) is 15.8. The molecular weight excluding hydrogens is 454 g/mol. The van der Waals surface area contributed by atoms with Crippen molar-refractivity contribution in [1.82, 2.24) is 4.57 Å². The summed E-state index contributed by atoms with van der Waals surface area (Å²) in [6, 6.07) is 14.7. The van der Waals surface area contributed by atoms with Crippen molar-refractivity contribution in [3.05, 3.63) is 113 Å². The highest BCUT2D eigenvalue weighted by Crippen LogP contribution is 2.32. The lowest BCUT2D eigenvalue weighted by Gasteiger charge is -2.24. The van der Waals surface area contributed by atoms with Crippen molar-refractivity contribution in [2.75, 3.05) is 6.61 Å². The first kappa shape index (κ1) is 23.1. The molecular formula is C25H21N3O5S. The van der Waals surface area contributed by atoms with Gasteiger partial charge in [0, 0.05) is 12.1 Å². The van der Waals surface area contributed by atoms with Crippen LogP contribution in [0.3, 0.4) is 0 Å². The molecule has 4 rings (SSSR count). The first-order valence-electron chi connectivity index (χ1n) is 10.6. The quantitative estimate of drug-likeness (QED) is 0.309. The summed E-state index contributed by atoms with van der Waals surface area (Å²) in [7, 11) is 0. The second-order valence-corrected chi connectivity index (χ2v) is 8.46. The summed E-state index contributed by atoms with van der Waals surface area (Å²) in [5, 5.41) is 11.4. The predicted octanol–water partition coefficient (Wildman–Crippen LogP) is 3.37. The third-order valence-electron chi connectivity index (χ3n) is 5.25. The number of carbonyl (C=O) groups excluding carboxylic acids is 1. The van der Waals surface area contributed by atoms with Crippen molar-refractivity contribution in [3.63, 3.8) is 0 Å². The Morgan fingerprint density at radius 2 is 2.00 bits per heavy atom. The summed E-state index contributed by atoms with van der Waals surface area (Å²) in [6.07, 6.45) is 5.36. The van der Waals surface area contributed by atoms with Gasteiger partial charge in [0.25, 0.3) is 11.2 Å². The number of esters is 1. The molecule has 1 aliphatic heterocycles. The number of allylic oxidation sites excluding steroid dienone is 2. The van der Waals surface area contributed by atoms with E-state index in [4.69, 9.17) is 4.74 Å². The fraction of sp³-hybridized carbons (Fsp3) is 0.160. The molecule has 0 N–H and O–H groups in total. The fourth-order valence-electron chi connectivity index (χ4n) is 3.74. The SMILES string of the molecule is CCOC(=O)C1=C(C)N=c2sc(=C/C=C/c3ccccc3)c(=O)n2[C@H]1c1cccc([N+](=O)[O-])c1. The summed E-state index contributed by atoms with van der Waals surface area (Å²) in [6.45, 7) is 3.50. The number of hydrogen-bond donors (Lipinski definition) is 0. The van der Waals surface area contributed by atoms with E-state index in [1.807, 2.05) is 36.4 Å². The molecule has 1 atom stereocenters. The van der Waals surface area contributed by atoms with Crippen LogP contribution in [0.2, 0.25) is 0 Å². The summed E-state index contributed by atoms with van der Waals surface area (Å²) in [5.41, 5.74) is 1.53. The summed E-state index contributed by atoms with van der Waals surface area (Å²) in [5.74, 6) is -0.612. The Balaban J connectivity index is 1.89. The van der Waals surface area contributed by atoms with E-state index in [0.29, 0.717) is 20.6 Å². The standard InChI is InChI=1S/C25H21N3O5S/c1-3-33-24(30)21-16(2)26-25-27(22(21)18-12-8-13-19(15-18)28(31)32)23(29)20(34-25)14-7-11-17-9-5-4-6-10-17/h4-15,22H,3H2,1-2H3/b11-7+,20-14?/t22-/m0/s1. The number of nitro benzene ring substituents is 1. The Labute approximate surface area is 198 Å². The van der Waals surface area contributed by atoms with E-state index >= 15 is 0 Å². The van der Waals surface area contributed by atoms with Crippen LogP contribution in [0.1, 0.15) is 31.0 Å². The van der Waals surface area contributed by atoms with Crippen molar-refractivity contribution in [2.45, 2.75) is 19.9 Å². The average molecular weight is 476 g/mol. The van der Waals surface area contributed by atoms with E-state index in [1.54, 1.807) is 32.1 Å². The molecule has 0 saturated carbocycles. The zero-order chi connectivity index (χ0) is 24.2. The van der Waals surface area contributed by atoms with Crippen LogP contribution in [-0.4, -0.2) is 22.1 Å². The van der Waals surface area contributed by atoms with Crippen LogP contribution in [0.25, 0.3) is 12.2 Å². The Kier molecular flexibility index (Phi) is 6.65. The molecule has 3 aromatic rings. The second-order valence-electron chi connectivity index (χ2n) is 7.45. The molecule has 0 saturated heterocycles. The van der Waals surface area contributed by atoms with Gasteiger partial charge in [0.05, 0.1) is 33.4 Å². The highest BCUT2D eigenvalue weighted by molar-refractivity contribution is 7.07. The third-order valence-corrected chi connectivity index (χ3v) is 6.25. The second kappa shape index (κ2) is 9.80. The molecule has 0 radical (unpaired) electrons. The number of aromatic nitrogens is 1. The number of hydrogen-bond acceptors (Lipinski definition) is 7. The van der Waals surface area contributed by atoms with E-state index in [2.05, 4.69) is 4.99 Å². The van der Waals surface area contributed by atoms with Crippen molar-refractivity contribution >= 4 is 35.1 Å². The lowest BCUT2D eigenvalue weighted by atomic mass is 9.95. The van der Waals surface area contributed by atoms with Gasteiger partial charge in [0.1, 0.15) is 0 Å². The molecule has 0 aliphatic carbocycles. The van der Waals surface area contributed by atoms with Gasteiger partial charge in [-0.1, -0.05) is 66.0 Å². The Morgan fingerprint density at radius 3 is 2.71 bits per heavy atom. The Bertz CT molecular complexity index is 1500. The molecule has 2 aromatic carbocycles. The van der Waals surface area contributed by atoms with Crippen LogP contribution in [0.4, 0.5) is 5.69 Å². The van der Waals surface area contributed by atoms with Gasteiger partial charge >= 0.3 is 5.97 Å². The van der Waals surface area contributed by atoms with Crippen molar-refractivity contribution in [1.29, 1.82) is 0 Å². The number of thiazole rings is 1. The molecule has 172 valence electrons. The number of fused-ring (bicyclic) bond motifs is 1. The fourth-order valence-corrected chi connectivity index (χ4v) is 4.74. The van der Waals surface area contributed by atoms with E-state index < -0.39 is 16.9 Å². The van der Waals surface area contributed by atoms with Crippen LogP contribution in [0.15, 0.2) is 81.7 Å². The number of non-ortho nitro benzene ring substituents is 1. The maximum atomic E-state index is 13.4. The average Bonchev–Trinajstić information content (AvgIpc) is 3.13. The molecule has 8 nitrogen and oxygen atoms in total. The van der Waals surface area contributed by atoms with E-state index in [-0.39, 0.29) is 23.4 Å². The molecule has 0 amide bonds. The molecule has 0 spiro atoms. The highest BCUT2D eigenvalue weighted by atomic mass is 32.1.